The Labute approximate surface area is 188 Å². The molecule has 0 radical (unpaired) electrons. The van der Waals surface area contributed by atoms with Gasteiger partial charge in [-0.1, -0.05) is 39.8 Å². The van der Waals surface area contributed by atoms with Crippen molar-refractivity contribution in [1.82, 2.24) is 0 Å². The predicted molar refractivity (Wildman–Crippen MR) is 133 cm³/mol. The molecular formula is C22H23N5O2S2. The Morgan fingerprint density at radius 2 is 1.03 bits per heavy atom. The Morgan fingerprint density at radius 3 is 1.55 bits per heavy atom. The summed E-state index contributed by atoms with van der Waals surface area (Å²) in [7, 11) is 2.66. The van der Waals surface area contributed by atoms with E-state index < -0.39 is 0 Å². The molecule has 0 aliphatic heterocycles. The highest BCUT2D eigenvalue weighted by atomic mass is 33.1. The third kappa shape index (κ3) is 8.15. The Morgan fingerprint density at radius 1 is 0.613 bits per heavy atom. The van der Waals surface area contributed by atoms with Crippen LogP contribution in [0.2, 0.25) is 0 Å². The molecule has 3 aromatic carbocycles. The van der Waals surface area contributed by atoms with Crippen LogP contribution in [0.25, 0.3) is 0 Å². The van der Waals surface area contributed by atoms with Crippen LogP contribution in [0.4, 0.5) is 28.4 Å². The zero-order valence-electron chi connectivity index (χ0n) is 16.6. The van der Waals surface area contributed by atoms with Crippen LogP contribution >= 0.6 is 21.6 Å². The van der Waals surface area contributed by atoms with Crippen LogP contribution in [-0.4, -0.2) is 23.3 Å². The van der Waals surface area contributed by atoms with Gasteiger partial charge in [-0.2, -0.15) is 0 Å². The molecule has 0 aliphatic carbocycles. The van der Waals surface area contributed by atoms with Crippen molar-refractivity contribution >= 4 is 61.8 Å². The van der Waals surface area contributed by atoms with E-state index in [-0.39, 0.29) is 23.3 Å². The van der Waals surface area contributed by atoms with Gasteiger partial charge in [0.1, 0.15) is 0 Å². The van der Waals surface area contributed by atoms with E-state index in [0.717, 1.165) is 11.4 Å². The van der Waals surface area contributed by atoms with Gasteiger partial charge in [-0.15, -0.1) is 0 Å². The number of para-hydroxylation sites is 1. The summed E-state index contributed by atoms with van der Waals surface area (Å²) in [6, 6.07) is 24.1. The van der Waals surface area contributed by atoms with Crippen molar-refractivity contribution in [2.24, 2.45) is 0 Å². The third-order valence-electron chi connectivity index (χ3n) is 3.95. The predicted octanol–water partition coefficient (Wildman–Crippen LogP) is 4.67. The van der Waals surface area contributed by atoms with E-state index in [0.29, 0.717) is 17.1 Å². The molecule has 0 bridgehead atoms. The molecule has 3 aromatic rings. The molecule has 0 aromatic heterocycles. The summed E-state index contributed by atoms with van der Waals surface area (Å²) in [5, 5.41) is 5.63. The highest BCUT2D eigenvalue weighted by Crippen LogP contribution is 2.22. The number of hydrogen-bond donors (Lipinski definition) is 5. The summed E-state index contributed by atoms with van der Waals surface area (Å²) < 4.78 is 0. The summed E-state index contributed by atoms with van der Waals surface area (Å²) in [5.41, 5.74) is 15.7. The van der Waals surface area contributed by atoms with Crippen molar-refractivity contribution in [3.05, 3.63) is 78.9 Å². The van der Waals surface area contributed by atoms with Gasteiger partial charge in [0.25, 0.3) is 0 Å². The molecule has 3 rings (SSSR count). The van der Waals surface area contributed by atoms with Crippen LogP contribution in [0.15, 0.2) is 78.9 Å². The van der Waals surface area contributed by atoms with Gasteiger partial charge < -0.3 is 27.2 Å². The largest absolute Gasteiger partial charge is 0.399 e. The molecule has 2 amide bonds. The van der Waals surface area contributed by atoms with Gasteiger partial charge in [-0.3, -0.25) is 9.59 Å². The fourth-order valence-corrected chi connectivity index (χ4v) is 4.12. The van der Waals surface area contributed by atoms with Crippen molar-refractivity contribution in [3.8, 4) is 0 Å². The summed E-state index contributed by atoms with van der Waals surface area (Å²) >= 11 is 0. The maximum atomic E-state index is 12.1. The van der Waals surface area contributed by atoms with Crippen LogP contribution in [0.3, 0.4) is 0 Å². The second-order valence-electron chi connectivity index (χ2n) is 6.44. The minimum absolute atomic E-state index is 0.125. The zero-order chi connectivity index (χ0) is 21.9. The molecule has 7 nitrogen and oxygen atoms in total. The maximum absolute atomic E-state index is 12.1. The standard InChI is InChI=1S/C22H23N5O2S2/c23-16-6-8-17(9-7-16)24-21(28)14-30-31-15-22(29)25-18-10-12-20(13-11-18)27-26-19-4-2-1-3-5-19/h1-13,26-27H,14-15,23H2,(H,24,28)(H,25,29). The number of nitrogen functional groups attached to an aromatic ring is 1. The number of nitrogens with one attached hydrogen (secondary N) is 4. The van der Waals surface area contributed by atoms with Gasteiger partial charge in [0, 0.05) is 17.1 Å². The minimum atomic E-state index is -0.130. The van der Waals surface area contributed by atoms with Crippen molar-refractivity contribution in [1.29, 1.82) is 0 Å². The molecule has 0 atom stereocenters. The Bertz CT molecular complexity index is 983. The highest BCUT2D eigenvalue weighted by Gasteiger charge is 2.06. The molecule has 0 aliphatic rings. The van der Waals surface area contributed by atoms with E-state index >= 15 is 0 Å². The number of carbonyl (C=O) groups is 2. The first-order valence-electron chi connectivity index (χ1n) is 9.45. The van der Waals surface area contributed by atoms with Crippen molar-refractivity contribution in [3.63, 3.8) is 0 Å². The molecule has 160 valence electrons. The fourth-order valence-electron chi connectivity index (χ4n) is 2.45. The molecule has 0 spiro atoms. The number of benzene rings is 3. The Hall–Kier alpha value is -3.30. The quantitative estimate of drug-likeness (QED) is 0.131. The van der Waals surface area contributed by atoms with Gasteiger partial charge in [0.15, 0.2) is 0 Å². The SMILES string of the molecule is Nc1ccc(NC(=O)CSSCC(=O)Nc2ccc(NNc3ccccc3)cc2)cc1. The number of nitrogens with two attached hydrogens (primary N) is 1. The van der Waals surface area contributed by atoms with E-state index in [1.807, 2.05) is 54.6 Å². The average molecular weight is 454 g/mol. The zero-order valence-corrected chi connectivity index (χ0v) is 18.3. The van der Waals surface area contributed by atoms with Crippen molar-refractivity contribution < 1.29 is 9.59 Å². The molecular weight excluding hydrogens is 430 g/mol. The molecule has 31 heavy (non-hydrogen) atoms. The van der Waals surface area contributed by atoms with Gasteiger partial charge >= 0.3 is 0 Å². The van der Waals surface area contributed by atoms with E-state index in [1.54, 1.807) is 24.3 Å². The first kappa shape index (κ1) is 22.4. The van der Waals surface area contributed by atoms with E-state index in [2.05, 4.69) is 21.5 Å². The maximum Gasteiger partial charge on any atom is 0.235 e. The van der Waals surface area contributed by atoms with Crippen LogP contribution in [-0.2, 0) is 9.59 Å². The van der Waals surface area contributed by atoms with Gasteiger partial charge in [-0.05, 0) is 60.7 Å². The lowest BCUT2D eigenvalue weighted by atomic mass is 10.3. The van der Waals surface area contributed by atoms with Gasteiger partial charge in [0.2, 0.25) is 11.8 Å². The Kier molecular flexibility index (Phi) is 8.50. The van der Waals surface area contributed by atoms with Crippen LogP contribution < -0.4 is 27.2 Å². The normalized spacial score (nSPS) is 10.2. The monoisotopic (exact) mass is 453 g/mol. The first-order chi connectivity index (χ1) is 15.1. The summed E-state index contributed by atoms with van der Waals surface area (Å²) in [6.07, 6.45) is 0. The van der Waals surface area contributed by atoms with Crippen LogP contribution in [0, 0.1) is 0 Å². The molecule has 0 saturated heterocycles. The third-order valence-corrected chi connectivity index (χ3v) is 6.09. The summed E-state index contributed by atoms with van der Waals surface area (Å²) in [5.74, 6) is 0.237. The van der Waals surface area contributed by atoms with Crippen molar-refractivity contribution in [2.75, 3.05) is 38.7 Å². The number of carbonyl (C=O) groups excluding carboxylic acids is 2. The lowest BCUT2D eigenvalue weighted by molar-refractivity contribution is -0.114. The van der Waals surface area contributed by atoms with Crippen LogP contribution in [0.1, 0.15) is 0 Å². The second-order valence-corrected chi connectivity index (χ2v) is 8.90. The number of anilines is 5. The van der Waals surface area contributed by atoms with E-state index in [4.69, 9.17) is 5.73 Å². The number of hydrogen-bond acceptors (Lipinski definition) is 7. The second kappa shape index (κ2) is 11.8. The molecule has 0 unspecified atom stereocenters. The highest BCUT2D eigenvalue weighted by molar-refractivity contribution is 8.77. The van der Waals surface area contributed by atoms with Crippen molar-refractivity contribution in [2.45, 2.75) is 0 Å². The number of hydrazine groups is 1. The molecule has 0 saturated carbocycles. The summed E-state index contributed by atoms with van der Waals surface area (Å²) in [4.78, 5) is 24.0. The lowest BCUT2D eigenvalue weighted by Gasteiger charge is -2.10. The first-order valence-corrected chi connectivity index (χ1v) is 11.9. The fraction of sp³-hybridized carbons (Fsp3) is 0.0909. The minimum Gasteiger partial charge on any atom is -0.399 e. The smallest absolute Gasteiger partial charge is 0.235 e. The Balaban J connectivity index is 1.32. The lowest BCUT2D eigenvalue weighted by Crippen LogP contribution is -2.15. The molecule has 0 heterocycles. The average Bonchev–Trinajstić information content (AvgIpc) is 2.78. The van der Waals surface area contributed by atoms with Gasteiger partial charge in [0.05, 0.1) is 22.9 Å². The molecule has 9 heteroatoms. The van der Waals surface area contributed by atoms with E-state index in [9.17, 15) is 9.59 Å². The number of rotatable bonds is 10. The number of amides is 2. The topological polar surface area (TPSA) is 108 Å². The van der Waals surface area contributed by atoms with E-state index in [1.165, 1.54) is 21.6 Å². The van der Waals surface area contributed by atoms with Crippen LogP contribution in [0.5, 0.6) is 0 Å². The van der Waals surface area contributed by atoms with Gasteiger partial charge in [-0.25, -0.2) is 0 Å². The molecule has 6 N–H and O–H groups in total. The molecule has 0 fully saturated rings. The summed E-state index contributed by atoms with van der Waals surface area (Å²) in [6.45, 7) is 0.